The molecule has 1 unspecified atom stereocenters. The number of aryl methyl sites for hydroxylation is 1. The van der Waals surface area contributed by atoms with Crippen molar-refractivity contribution in [1.29, 1.82) is 0 Å². The van der Waals surface area contributed by atoms with Crippen LogP contribution in [0.5, 0.6) is 0 Å². The Bertz CT molecular complexity index is 673. The SMILES string of the molecule is Cc1cc(C(=O)N2CCCC(C)C2)cc(S(=O)(=O)Cl)c1Cl. The van der Waals surface area contributed by atoms with Crippen LogP contribution in [0.1, 0.15) is 35.7 Å². The first-order chi connectivity index (χ1) is 9.70. The second kappa shape index (κ2) is 6.15. The maximum absolute atomic E-state index is 12.5. The van der Waals surface area contributed by atoms with Crippen LogP contribution in [0.25, 0.3) is 0 Å². The van der Waals surface area contributed by atoms with Gasteiger partial charge in [-0.1, -0.05) is 18.5 Å². The number of amides is 1. The highest BCUT2D eigenvalue weighted by Crippen LogP contribution is 2.30. The van der Waals surface area contributed by atoms with Crippen LogP contribution >= 0.6 is 22.3 Å². The maximum atomic E-state index is 12.5. The van der Waals surface area contributed by atoms with E-state index in [0.717, 1.165) is 12.8 Å². The average Bonchev–Trinajstić information content (AvgIpc) is 2.39. The van der Waals surface area contributed by atoms with Gasteiger partial charge in [-0.05, 0) is 43.4 Å². The van der Waals surface area contributed by atoms with Gasteiger partial charge in [0.1, 0.15) is 4.90 Å². The van der Waals surface area contributed by atoms with Gasteiger partial charge < -0.3 is 4.90 Å². The van der Waals surface area contributed by atoms with Crippen LogP contribution < -0.4 is 0 Å². The van der Waals surface area contributed by atoms with Crippen molar-refractivity contribution in [2.24, 2.45) is 5.92 Å². The van der Waals surface area contributed by atoms with E-state index < -0.39 is 9.05 Å². The number of rotatable bonds is 2. The molecule has 1 atom stereocenters. The molecule has 4 nitrogen and oxygen atoms in total. The predicted molar refractivity (Wildman–Crippen MR) is 83.5 cm³/mol. The molecule has 0 N–H and O–H groups in total. The van der Waals surface area contributed by atoms with E-state index in [0.29, 0.717) is 30.1 Å². The molecule has 21 heavy (non-hydrogen) atoms. The second-order valence-electron chi connectivity index (χ2n) is 5.54. The first-order valence-corrected chi connectivity index (χ1v) is 9.43. The molecule has 116 valence electrons. The van der Waals surface area contributed by atoms with Gasteiger partial charge in [-0.3, -0.25) is 4.79 Å². The summed E-state index contributed by atoms with van der Waals surface area (Å²) >= 11 is 5.97. The second-order valence-corrected chi connectivity index (χ2v) is 8.45. The van der Waals surface area contributed by atoms with Crippen LogP contribution in [-0.4, -0.2) is 32.3 Å². The lowest BCUT2D eigenvalue weighted by atomic mass is 9.99. The van der Waals surface area contributed by atoms with Crippen LogP contribution in [0, 0.1) is 12.8 Å². The largest absolute Gasteiger partial charge is 0.338 e. The Labute approximate surface area is 134 Å². The summed E-state index contributed by atoms with van der Waals surface area (Å²) in [5, 5.41) is 0.0635. The monoisotopic (exact) mass is 349 g/mol. The van der Waals surface area contributed by atoms with Gasteiger partial charge in [0.15, 0.2) is 0 Å². The topological polar surface area (TPSA) is 54.5 Å². The third-order valence-corrected chi connectivity index (χ3v) is 5.63. The zero-order valence-corrected chi connectivity index (χ0v) is 14.2. The predicted octanol–water partition coefficient (Wildman–Crippen LogP) is 3.45. The Balaban J connectivity index is 2.40. The molecule has 1 aliphatic rings. The van der Waals surface area contributed by atoms with Gasteiger partial charge in [0.05, 0.1) is 5.02 Å². The first-order valence-electron chi connectivity index (χ1n) is 6.74. The number of benzene rings is 1. The smallest absolute Gasteiger partial charge is 0.262 e. The number of carbonyl (C=O) groups is 1. The number of nitrogens with zero attached hydrogens (tertiary/aromatic N) is 1. The fourth-order valence-corrected chi connectivity index (χ4v) is 4.13. The molecule has 0 bridgehead atoms. The van der Waals surface area contributed by atoms with E-state index in [2.05, 4.69) is 6.92 Å². The first kappa shape index (κ1) is 16.6. The molecule has 1 heterocycles. The molecule has 2 rings (SSSR count). The molecule has 0 saturated carbocycles. The van der Waals surface area contributed by atoms with Crippen LogP contribution in [0.2, 0.25) is 5.02 Å². The van der Waals surface area contributed by atoms with E-state index in [1.165, 1.54) is 6.07 Å². The minimum absolute atomic E-state index is 0.0635. The van der Waals surface area contributed by atoms with E-state index in [9.17, 15) is 13.2 Å². The van der Waals surface area contributed by atoms with Crippen molar-refractivity contribution in [3.63, 3.8) is 0 Å². The summed E-state index contributed by atoms with van der Waals surface area (Å²) in [5.41, 5.74) is 0.831. The van der Waals surface area contributed by atoms with Crippen LogP contribution in [0.15, 0.2) is 17.0 Å². The number of carbonyl (C=O) groups excluding carboxylic acids is 1. The summed E-state index contributed by atoms with van der Waals surface area (Å²) in [6.45, 7) is 5.13. The van der Waals surface area contributed by atoms with Crippen molar-refractivity contribution < 1.29 is 13.2 Å². The fourth-order valence-electron chi connectivity index (χ4n) is 2.59. The Morgan fingerprint density at radius 2 is 2.05 bits per heavy atom. The van der Waals surface area contributed by atoms with E-state index in [1.54, 1.807) is 17.9 Å². The molecule has 0 aromatic heterocycles. The summed E-state index contributed by atoms with van der Waals surface area (Å²) in [6.07, 6.45) is 2.06. The molecule has 0 aliphatic carbocycles. The van der Waals surface area contributed by atoms with E-state index in [1.807, 2.05) is 0 Å². The summed E-state index contributed by atoms with van der Waals surface area (Å²) in [6, 6.07) is 2.87. The summed E-state index contributed by atoms with van der Waals surface area (Å²) < 4.78 is 23.1. The molecule has 1 fully saturated rings. The highest BCUT2D eigenvalue weighted by molar-refractivity contribution is 8.13. The zero-order chi connectivity index (χ0) is 15.8. The van der Waals surface area contributed by atoms with Crippen LogP contribution in [-0.2, 0) is 9.05 Å². The summed E-state index contributed by atoms with van der Waals surface area (Å²) in [5.74, 6) is 0.273. The molecule has 1 aromatic carbocycles. The normalized spacial score (nSPS) is 19.6. The standard InChI is InChI=1S/C14H17Cl2NO3S/c1-9-4-3-5-17(8-9)14(18)11-6-10(2)13(15)12(7-11)21(16,19)20/h6-7,9H,3-5,8H2,1-2H3. The molecule has 1 amide bonds. The minimum Gasteiger partial charge on any atom is -0.338 e. The van der Waals surface area contributed by atoms with Crippen molar-refractivity contribution in [3.8, 4) is 0 Å². The quantitative estimate of drug-likeness (QED) is 0.768. The Hall–Kier alpha value is -0.780. The molecule has 0 radical (unpaired) electrons. The van der Waals surface area contributed by atoms with E-state index in [4.69, 9.17) is 22.3 Å². The molecule has 1 saturated heterocycles. The van der Waals surface area contributed by atoms with Crippen molar-refractivity contribution in [1.82, 2.24) is 4.90 Å². The highest BCUT2D eigenvalue weighted by Gasteiger charge is 2.25. The lowest BCUT2D eigenvalue weighted by Gasteiger charge is -2.31. The van der Waals surface area contributed by atoms with Crippen molar-refractivity contribution in [3.05, 3.63) is 28.3 Å². The minimum atomic E-state index is -3.98. The van der Waals surface area contributed by atoms with Gasteiger partial charge in [0.25, 0.3) is 15.0 Å². The van der Waals surface area contributed by atoms with Gasteiger partial charge in [-0.15, -0.1) is 0 Å². The lowest BCUT2D eigenvalue weighted by molar-refractivity contribution is 0.0682. The van der Waals surface area contributed by atoms with Crippen LogP contribution in [0.4, 0.5) is 0 Å². The van der Waals surface area contributed by atoms with Gasteiger partial charge in [0, 0.05) is 29.3 Å². The number of piperidine rings is 1. The van der Waals surface area contributed by atoms with E-state index in [-0.39, 0.29) is 15.8 Å². The fraction of sp³-hybridized carbons (Fsp3) is 0.500. The van der Waals surface area contributed by atoms with Gasteiger partial charge in [-0.2, -0.15) is 0 Å². The molecule has 0 spiro atoms. The summed E-state index contributed by atoms with van der Waals surface area (Å²) in [4.78, 5) is 14.1. The Kier molecular flexibility index (Phi) is 4.85. The molecular formula is C14H17Cl2NO3S. The third kappa shape index (κ3) is 3.71. The molecule has 1 aliphatic heterocycles. The Morgan fingerprint density at radius 1 is 1.38 bits per heavy atom. The van der Waals surface area contributed by atoms with Crippen molar-refractivity contribution in [2.45, 2.75) is 31.6 Å². The molecule has 1 aromatic rings. The van der Waals surface area contributed by atoms with E-state index >= 15 is 0 Å². The highest BCUT2D eigenvalue weighted by atomic mass is 35.7. The van der Waals surface area contributed by atoms with Gasteiger partial charge in [-0.25, -0.2) is 8.42 Å². The van der Waals surface area contributed by atoms with Crippen molar-refractivity contribution in [2.75, 3.05) is 13.1 Å². The van der Waals surface area contributed by atoms with Crippen LogP contribution in [0.3, 0.4) is 0 Å². The van der Waals surface area contributed by atoms with Crippen molar-refractivity contribution >= 4 is 37.2 Å². The average molecular weight is 350 g/mol. The number of hydrogen-bond acceptors (Lipinski definition) is 3. The van der Waals surface area contributed by atoms with Gasteiger partial charge in [0.2, 0.25) is 0 Å². The molecular weight excluding hydrogens is 333 g/mol. The Morgan fingerprint density at radius 3 is 2.62 bits per heavy atom. The molecule has 7 heteroatoms. The summed E-state index contributed by atoms with van der Waals surface area (Å²) in [7, 11) is 1.40. The number of hydrogen-bond donors (Lipinski definition) is 0. The van der Waals surface area contributed by atoms with Gasteiger partial charge >= 0.3 is 0 Å². The maximum Gasteiger partial charge on any atom is 0.262 e. The third-order valence-electron chi connectivity index (χ3n) is 3.68. The lowest BCUT2D eigenvalue weighted by Crippen LogP contribution is -2.39. The number of halogens is 2. The number of likely N-dealkylation sites (tertiary alicyclic amines) is 1. The zero-order valence-electron chi connectivity index (χ0n) is 11.9.